The molecule has 2 aromatic carbocycles. The fourth-order valence-corrected chi connectivity index (χ4v) is 2.57. The second-order valence-corrected chi connectivity index (χ2v) is 6.23. The second-order valence-electron chi connectivity index (χ2n) is 6.23. The minimum Gasteiger partial charge on any atom is -0.508 e. The van der Waals surface area contributed by atoms with Crippen molar-refractivity contribution in [1.82, 2.24) is 0 Å². The van der Waals surface area contributed by atoms with E-state index in [1.807, 2.05) is 0 Å². The quantitative estimate of drug-likeness (QED) is 0.471. The van der Waals surface area contributed by atoms with E-state index >= 15 is 0 Å². The third-order valence-corrected chi connectivity index (χ3v) is 4.11. The van der Waals surface area contributed by atoms with Crippen molar-refractivity contribution in [3.63, 3.8) is 0 Å². The van der Waals surface area contributed by atoms with Gasteiger partial charge < -0.3 is 24.8 Å². The number of amides is 1. The van der Waals surface area contributed by atoms with Crippen LogP contribution >= 0.6 is 0 Å². The van der Waals surface area contributed by atoms with E-state index in [9.17, 15) is 14.7 Å². The summed E-state index contributed by atoms with van der Waals surface area (Å²) in [5.41, 5.74) is 2.31. The van der Waals surface area contributed by atoms with Gasteiger partial charge in [-0.2, -0.15) is 0 Å². The molecule has 29 heavy (non-hydrogen) atoms. The molecule has 0 spiro atoms. The fraction of sp³-hybridized carbons (Fsp3) is 0.273. The lowest BCUT2D eigenvalue weighted by atomic mass is 10.1. The Kier molecular flexibility index (Phi) is 8.24. The summed E-state index contributed by atoms with van der Waals surface area (Å²) in [7, 11) is 1.58. The first-order valence-corrected chi connectivity index (χ1v) is 9.24. The molecule has 0 bridgehead atoms. The van der Waals surface area contributed by atoms with E-state index in [0.29, 0.717) is 17.8 Å². The summed E-state index contributed by atoms with van der Waals surface area (Å²) >= 11 is 0. The highest BCUT2D eigenvalue weighted by Gasteiger charge is 2.20. The van der Waals surface area contributed by atoms with Gasteiger partial charge >= 0.3 is 5.97 Å². The lowest BCUT2D eigenvalue weighted by molar-refractivity contribution is -0.123. The molecule has 154 valence electrons. The molecule has 0 radical (unpaired) electrons. The van der Waals surface area contributed by atoms with Crippen LogP contribution in [-0.2, 0) is 20.9 Å². The Hall–Kier alpha value is -3.32. The summed E-state index contributed by atoms with van der Waals surface area (Å²) in [4.78, 5) is 26.3. The highest BCUT2D eigenvalue weighted by molar-refractivity contribution is 6.03. The zero-order valence-electron chi connectivity index (χ0n) is 16.7. The largest absolute Gasteiger partial charge is 0.508 e. The van der Waals surface area contributed by atoms with Crippen LogP contribution in [0.2, 0.25) is 0 Å². The van der Waals surface area contributed by atoms with Crippen molar-refractivity contribution in [2.45, 2.75) is 13.5 Å². The zero-order chi connectivity index (χ0) is 21.2. The number of anilines is 2. The number of hydrogen-bond donors (Lipinski definition) is 2. The first-order chi connectivity index (χ1) is 14.0. The summed E-state index contributed by atoms with van der Waals surface area (Å²) in [6.07, 6.45) is 1.71. The molecule has 0 unspecified atom stereocenters. The molecule has 0 heterocycles. The van der Waals surface area contributed by atoms with Crippen LogP contribution in [0.4, 0.5) is 11.4 Å². The van der Waals surface area contributed by atoms with Gasteiger partial charge in [-0.05, 0) is 42.8 Å². The average molecular weight is 398 g/mol. The maximum absolute atomic E-state index is 12.6. The lowest BCUT2D eigenvalue weighted by Crippen LogP contribution is -2.31. The fourth-order valence-electron chi connectivity index (χ4n) is 2.57. The van der Waals surface area contributed by atoms with Crippen LogP contribution in [0.5, 0.6) is 5.75 Å². The number of carbonyl (C=O) groups is 2. The Morgan fingerprint density at radius 1 is 1.21 bits per heavy atom. The third-order valence-electron chi connectivity index (χ3n) is 4.11. The van der Waals surface area contributed by atoms with E-state index in [1.54, 1.807) is 62.5 Å². The normalized spacial score (nSPS) is 10.3. The number of rotatable bonds is 10. The van der Waals surface area contributed by atoms with E-state index in [0.717, 1.165) is 11.3 Å². The number of nitrogens with one attached hydrogen (secondary N) is 1. The minimum atomic E-state index is -0.498. The van der Waals surface area contributed by atoms with Gasteiger partial charge in [-0.15, -0.1) is 6.58 Å². The van der Waals surface area contributed by atoms with Crippen LogP contribution in [0.1, 0.15) is 22.8 Å². The Bertz CT molecular complexity index is 849. The van der Waals surface area contributed by atoms with E-state index in [1.165, 1.54) is 4.90 Å². The second kappa shape index (κ2) is 10.9. The predicted molar refractivity (Wildman–Crippen MR) is 112 cm³/mol. The van der Waals surface area contributed by atoms with Crippen LogP contribution < -0.4 is 10.2 Å². The summed E-state index contributed by atoms with van der Waals surface area (Å²) in [5.74, 6) is -0.640. The van der Waals surface area contributed by atoms with Gasteiger partial charge in [-0.1, -0.05) is 18.2 Å². The van der Waals surface area contributed by atoms with Crippen LogP contribution in [-0.4, -0.2) is 43.8 Å². The summed E-state index contributed by atoms with van der Waals surface area (Å²) in [6.45, 7) is 6.24. The first-order valence-electron chi connectivity index (χ1n) is 9.24. The molecule has 0 aliphatic rings. The van der Waals surface area contributed by atoms with Gasteiger partial charge in [0.15, 0.2) is 0 Å². The molecule has 0 fully saturated rings. The molecular weight excluding hydrogens is 372 g/mol. The van der Waals surface area contributed by atoms with Crippen molar-refractivity contribution >= 4 is 23.3 Å². The number of carbonyl (C=O) groups excluding carboxylic acids is 2. The number of benzene rings is 2. The number of esters is 1. The van der Waals surface area contributed by atoms with Crippen LogP contribution in [0.15, 0.2) is 55.1 Å². The summed E-state index contributed by atoms with van der Waals surface area (Å²) < 4.78 is 10.6. The molecule has 2 rings (SSSR count). The smallest absolute Gasteiger partial charge is 0.340 e. The minimum absolute atomic E-state index is 0.163. The topological polar surface area (TPSA) is 88.1 Å². The number of phenolic OH excluding ortho intramolecular Hbond substituents is 1. The Balaban J connectivity index is 2.11. The summed E-state index contributed by atoms with van der Waals surface area (Å²) in [5, 5.41) is 12.4. The van der Waals surface area contributed by atoms with Gasteiger partial charge in [0.2, 0.25) is 0 Å². The van der Waals surface area contributed by atoms with Gasteiger partial charge in [-0.25, -0.2) is 4.79 Å². The molecule has 2 N–H and O–H groups in total. The van der Waals surface area contributed by atoms with Crippen LogP contribution in [0.25, 0.3) is 0 Å². The SMILES string of the molecule is C=CCNc1ccc(C(=O)OCC)c(N(C)C(=O)COCc2ccc(O)cc2)c1. The number of likely N-dealkylation sites (N-methyl/N-ethyl adjacent to an activating group) is 1. The standard InChI is InChI=1S/C22H26N2O5/c1-4-12-23-17-8-11-19(22(27)29-5-2)20(13-17)24(3)21(26)15-28-14-16-6-9-18(25)10-7-16/h4,6-11,13,23,25H,1,5,12,14-15H2,2-3H3. The van der Waals surface area contributed by atoms with E-state index in [4.69, 9.17) is 9.47 Å². The molecule has 0 aliphatic heterocycles. The maximum Gasteiger partial charge on any atom is 0.340 e. The predicted octanol–water partition coefficient (Wildman–Crippen LogP) is 3.35. The number of nitrogens with zero attached hydrogens (tertiary/aromatic N) is 1. The molecule has 1 amide bonds. The van der Waals surface area contributed by atoms with Crippen molar-refractivity contribution in [3.05, 3.63) is 66.2 Å². The van der Waals surface area contributed by atoms with Crippen molar-refractivity contribution in [1.29, 1.82) is 0 Å². The van der Waals surface area contributed by atoms with Gasteiger partial charge in [0.05, 0.1) is 24.5 Å². The average Bonchev–Trinajstić information content (AvgIpc) is 2.73. The zero-order valence-corrected chi connectivity index (χ0v) is 16.7. The van der Waals surface area contributed by atoms with Gasteiger partial charge in [0.1, 0.15) is 12.4 Å². The third kappa shape index (κ3) is 6.36. The molecule has 0 atom stereocenters. The first kappa shape index (κ1) is 22.0. The molecule has 0 saturated carbocycles. The van der Waals surface area contributed by atoms with Crippen LogP contribution in [0.3, 0.4) is 0 Å². The van der Waals surface area contributed by atoms with Gasteiger partial charge in [0.25, 0.3) is 5.91 Å². The molecule has 7 nitrogen and oxygen atoms in total. The van der Waals surface area contributed by atoms with Gasteiger partial charge in [-0.3, -0.25) is 4.79 Å². The lowest BCUT2D eigenvalue weighted by Gasteiger charge is -2.21. The van der Waals surface area contributed by atoms with Crippen molar-refractivity contribution in [2.75, 3.05) is 37.0 Å². The maximum atomic E-state index is 12.6. The Morgan fingerprint density at radius 2 is 1.93 bits per heavy atom. The van der Waals surface area contributed by atoms with Crippen molar-refractivity contribution in [2.24, 2.45) is 0 Å². The Labute approximate surface area is 170 Å². The van der Waals surface area contributed by atoms with Crippen LogP contribution in [0, 0.1) is 0 Å². The Morgan fingerprint density at radius 3 is 2.59 bits per heavy atom. The van der Waals surface area contributed by atoms with Gasteiger partial charge in [0, 0.05) is 19.3 Å². The van der Waals surface area contributed by atoms with Crippen molar-refractivity contribution < 1.29 is 24.2 Å². The molecule has 2 aromatic rings. The monoisotopic (exact) mass is 398 g/mol. The number of ether oxygens (including phenoxy) is 2. The van der Waals surface area contributed by atoms with E-state index in [2.05, 4.69) is 11.9 Å². The van der Waals surface area contributed by atoms with Crippen molar-refractivity contribution in [3.8, 4) is 5.75 Å². The molecule has 0 aromatic heterocycles. The van der Waals surface area contributed by atoms with E-state index < -0.39 is 5.97 Å². The number of aromatic hydroxyl groups is 1. The highest BCUT2D eigenvalue weighted by atomic mass is 16.5. The summed E-state index contributed by atoms with van der Waals surface area (Å²) in [6, 6.07) is 11.6. The molecular formula is C22H26N2O5. The number of hydrogen-bond acceptors (Lipinski definition) is 6. The van der Waals surface area contributed by atoms with E-state index in [-0.39, 0.29) is 31.5 Å². The molecule has 0 saturated heterocycles. The number of phenols is 1. The molecule has 0 aliphatic carbocycles. The molecule has 7 heteroatoms. The highest BCUT2D eigenvalue weighted by Crippen LogP contribution is 2.25.